The number of hydrogen-bond acceptors (Lipinski definition) is 2. The molecule has 3 N–H and O–H groups in total. The van der Waals surface area contributed by atoms with Gasteiger partial charge in [0.1, 0.15) is 5.82 Å². The fourth-order valence-electron chi connectivity index (χ4n) is 1.24. The number of nitrogens with two attached hydrogens (primary N) is 1. The highest BCUT2D eigenvalue weighted by Crippen LogP contribution is 2.09. The number of carbonyl (C=O) groups is 1. The van der Waals surface area contributed by atoms with E-state index in [0.29, 0.717) is 12.1 Å². The number of carbonyl (C=O) groups excluding carboxylic acids is 1. The molecule has 0 saturated carbocycles. The molecule has 0 aliphatic heterocycles. The Morgan fingerprint density at radius 3 is 2.93 bits per heavy atom. The molecule has 1 amide bonds. The van der Waals surface area contributed by atoms with Crippen molar-refractivity contribution in [2.45, 2.75) is 25.8 Å². The van der Waals surface area contributed by atoms with Crippen molar-refractivity contribution in [1.82, 2.24) is 0 Å². The zero-order valence-corrected chi connectivity index (χ0v) is 8.66. The molecule has 3 nitrogen and oxygen atoms in total. The fraction of sp³-hybridized carbons (Fsp3) is 0.364. The Kier molecular flexibility index (Phi) is 4.24. The zero-order valence-electron chi connectivity index (χ0n) is 8.66. The first-order valence-corrected chi connectivity index (χ1v) is 4.95. The minimum Gasteiger partial charge on any atom is -0.325 e. The van der Waals surface area contributed by atoms with Crippen molar-refractivity contribution in [2.75, 3.05) is 5.32 Å². The van der Waals surface area contributed by atoms with Crippen molar-refractivity contribution < 1.29 is 9.18 Å². The van der Waals surface area contributed by atoms with Crippen molar-refractivity contribution in [3.63, 3.8) is 0 Å². The maximum Gasteiger partial charge on any atom is 0.241 e. The van der Waals surface area contributed by atoms with Crippen LogP contribution in [0.3, 0.4) is 0 Å². The first kappa shape index (κ1) is 11.7. The van der Waals surface area contributed by atoms with Gasteiger partial charge in [-0.15, -0.1) is 0 Å². The molecule has 0 heterocycles. The highest BCUT2D eigenvalue weighted by Gasteiger charge is 2.12. The maximum atomic E-state index is 12.8. The van der Waals surface area contributed by atoms with E-state index < -0.39 is 6.04 Å². The smallest absolute Gasteiger partial charge is 0.241 e. The summed E-state index contributed by atoms with van der Waals surface area (Å²) < 4.78 is 12.8. The summed E-state index contributed by atoms with van der Waals surface area (Å²) in [7, 11) is 0. The molecule has 0 aliphatic rings. The van der Waals surface area contributed by atoms with E-state index in [-0.39, 0.29) is 11.7 Å². The van der Waals surface area contributed by atoms with Crippen LogP contribution in [0.15, 0.2) is 24.3 Å². The average molecular weight is 210 g/mol. The summed E-state index contributed by atoms with van der Waals surface area (Å²) in [4.78, 5) is 11.5. The highest BCUT2D eigenvalue weighted by molar-refractivity contribution is 5.94. The average Bonchev–Trinajstić information content (AvgIpc) is 2.18. The lowest BCUT2D eigenvalue weighted by atomic mass is 10.1. The normalized spacial score (nSPS) is 12.2. The molecule has 0 aliphatic carbocycles. The van der Waals surface area contributed by atoms with Crippen molar-refractivity contribution in [3.8, 4) is 0 Å². The summed E-state index contributed by atoms with van der Waals surface area (Å²) in [6.07, 6.45) is 1.47. The molecule has 1 unspecified atom stereocenters. The van der Waals surface area contributed by atoms with E-state index in [2.05, 4.69) is 5.32 Å². The maximum absolute atomic E-state index is 12.8. The lowest BCUT2D eigenvalue weighted by molar-refractivity contribution is -0.117. The van der Waals surface area contributed by atoms with Crippen molar-refractivity contribution >= 4 is 11.6 Å². The Balaban J connectivity index is 2.58. The Bertz CT molecular complexity index is 341. The predicted molar refractivity (Wildman–Crippen MR) is 57.9 cm³/mol. The topological polar surface area (TPSA) is 55.1 Å². The number of halogens is 1. The number of anilines is 1. The van der Waals surface area contributed by atoms with Gasteiger partial charge >= 0.3 is 0 Å². The van der Waals surface area contributed by atoms with E-state index in [1.807, 2.05) is 6.92 Å². The van der Waals surface area contributed by atoms with E-state index >= 15 is 0 Å². The molecule has 0 bridgehead atoms. The first-order valence-electron chi connectivity index (χ1n) is 4.95. The van der Waals surface area contributed by atoms with Crippen LogP contribution in [-0.4, -0.2) is 11.9 Å². The Morgan fingerprint density at radius 1 is 1.60 bits per heavy atom. The second kappa shape index (κ2) is 5.46. The van der Waals surface area contributed by atoms with Crippen LogP contribution in [0, 0.1) is 5.82 Å². The number of nitrogens with one attached hydrogen (secondary N) is 1. The van der Waals surface area contributed by atoms with Gasteiger partial charge in [0, 0.05) is 5.69 Å². The van der Waals surface area contributed by atoms with Gasteiger partial charge in [0.25, 0.3) is 0 Å². The van der Waals surface area contributed by atoms with Crippen molar-refractivity contribution in [1.29, 1.82) is 0 Å². The standard InChI is InChI=1S/C11H15FN2O/c1-2-4-10(13)11(15)14-9-6-3-5-8(12)7-9/h3,5-7,10H,2,4,13H2,1H3,(H,14,15). The van der Waals surface area contributed by atoms with Gasteiger partial charge in [-0.3, -0.25) is 4.79 Å². The molecule has 0 saturated heterocycles. The van der Waals surface area contributed by atoms with Gasteiger partial charge in [-0.2, -0.15) is 0 Å². The van der Waals surface area contributed by atoms with Crippen LogP contribution in [0.5, 0.6) is 0 Å². The Labute approximate surface area is 88.5 Å². The fourth-order valence-corrected chi connectivity index (χ4v) is 1.24. The van der Waals surface area contributed by atoms with E-state index in [0.717, 1.165) is 6.42 Å². The SMILES string of the molecule is CCCC(N)C(=O)Nc1cccc(F)c1. The minimum absolute atomic E-state index is 0.276. The summed E-state index contributed by atoms with van der Waals surface area (Å²) >= 11 is 0. The predicted octanol–water partition coefficient (Wildman–Crippen LogP) is 1.89. The molecule has 15 heavy (non-hydrogen) atoms. The number of amides is 1. The van der Waals surface area contributed by atoms with Crippen LogP contribution in [0.4, 0.5) is 10.1 Å². The molecule has 1 rings (SSSR count). The number of rotatable bonds is 4. The molecule has 1 aromatic carbocycles. The zero-order chi connectivity index (χ0) is 11.3. The van der Waals surface area contributed by atoms with Crippen molar-refractivity contribution in [2.24, 2.45) is 5.73 Å². The van der Waals surface area contributed by atoms with Gasteiger partial charge in [-0.05, 0) is 24.6 Å². The molecule has 4 heteroatoms. The molecule has 82 valence electrons. The van der Waals surface area contributed by atoms with Crippen LogP contribution in [0.1, 0.15) is 19.8 Å². The summed E-state index contributed by atoms with van der Waals surface area (Å²) in [5.74, 6) is -0.653. The van der Waals surface area contributed by atoms with Crippen molar-refractivity contribution in [3.05, 3.63) is 30.1 Å². The minimum atomic E-state index is -0.529. The molecular formula is C11H15FN2O. The second-order valence-electron chi connectivity index (χ2n) is 3.39. The summed E-state index contributed by atoms with van der Waals surface area (Å²) in [6, 6.07) is 5.21. The van der Waals surface area contributed by atoms with Crippen LogP contribution < -0.4 is 11.1 Å². The molecule has 1 atom stereocenters. The number of hydrogen-bond donors (Lipinski definition) is 2. The first-order chi connectivity index (χ1) is 7.13. The van der Waals surface area contributed by atoms with Gasteiger partial charge < -0.3 is 11.1 Å². The molecule has 1 aromatic rings. The van der Waals surface area contributed by atoms with E-state index in [1.54, 1.807) is 6.07 Å². The third kappa shape index (κ3) is 3.67. The van der Waals surface area contributed by atoms with Gasteiger partial charge in [-0.1, -0.05) is 19.4 Å². The summed E-state index contributed by atoms with van der Waals surface area (Å²) in [6.45, 7) is 1.95. The Morgan fingerprint density at radius 2 is 2.33 bits per heavy atom. The lowest BCUT2D eigenvalue weighted by Crippen LogP contribution is -2.35. The van der Waals surface area contributed by atoms with E-state index in [4.69, 9.17) is 5.73 Å². The van der Waals surface area contributed by atoms with Crippen LogP contribution in [0.2, 0.25) is 0 Å². The molecular weight excluding hydrogens is 195 g/mol. The Hall–Kier alpha value is -1.42. The summed E-state index contributed by atoms with van der Waals surface area (Å²) in [5, 5.41) is 2.56. The van der Waals surface area contributed by atoms with Crippen LogP contribution >= 0.6 is 0 Å². The summed E-state index contributed by atoms with van der Waals surface area (Å²) in [5.41, 5.74) is 6.04. The highest BCUT2D eigenvalue weighted by atomic mass is 19.1. The molecule has 0 aromatic heterocycles. The number of benzene rings is 1. The quantitative estimate of drug-likeness (QED) is 0.797. The molecule has 0 radical (unpaired) electrons. The third-order valence-electron chi connectivity index (χ3n) is 2.03. The molecule has 0 spiro atoms. The van der Waals surface area contributed by atoms with Crippen LogP contribution in [-0.2, 0) is 4.79 Å². The van der Waals surface area contributed by atoms with Gasteiger partial charge in [0.05, 0.1) is 6.04 Å². The van der Waals surface area contributed by atoms with Gasteiger partial charge in [0.15, 0.2) is 0 Å². The van der Waals surface area contributed by atoms with E-state index in [1.165, 1.54) is 18.2 Å². The second-order valence-corrected chi connectivity index (χ2v) is 3.39. The third-order valence-corrected chi connectivity index (χ3v) is 2.03. The van der Waals surface area contributed by atoms with Gasteiger partial charge in [0.2, 0.25) is 5.91 Å². The largest absolute Gasteiger partial charge is 0.325 e. The van der Waals surface area contributed by atoms with Crippen LogP contribution in [0.25, 0.3) is 0 Å². The van der Waals surface area contributed by atoms with Gasteiger partial charge in [-0.25, -0.2) is 4.39 Å². The van der Waals surface area contributed by atoms with E-state index in [9.17, 15) is 9.18 Å². The monoisotopic (exact) mass is 210 g/mol. The molecule has 0 fully saturated rings. The lowest BCUT2D eigenvalue weighted by Gasteiger charge is -2.10.